The molecule has 0 aliphatic heterocycles. The van der Waals surface area contributed by atoms with Crippen LogP contribution in [-0.2, 0) is 0 Å². The second-order valence-corrected chi connectivity index (χ2v) is 4.49. The maximum Gasteiger partial charge on any atom is 0.446 e. The van der Waals surface area contributed by atoms with Gasteiger partial charge in [0.1, 0.15) is 5.82 Å². The quantitative estimate of drug-likeness (QED) is 0.855. The van der Waals surface area contributed by atoms with Crippen LogP contribution in [0.3, 0.4) is 0 Å². The largest absolute Gasteiger partial charge is 0.446 e. The van der Waals surface area contributed by atoms with Crippen LogP contribution in [0.5, 0.6) is 0 Å². The third kappa shape index (κ3) is 3.36. The number of nitrogens with zero attached hydrogens (tertiary/aromatic N) is 1. The molecule has 1 aromatic heterocycles. The molecule has 0 radical (unpaired) electrons. The molecule has 0 unspecified atom stereocenters. The minimum atomic E-state index is -4.30. The van der Waals surface area contributed by atoms with Gasteiger partial charge in [-0.1, -0.05) is 12.1 Å². The van der Waals surface area contributed by atoms with E-state index in [9.17, 15) is 18.0 Å². The number of hydrogen-bond acceptors (Lipinski definition) is 3. The van der Waals surface area contributed by atoms with Gasteiger partial charge in [-0.15, -0.1) is 0 Å². The van der Waals surface area contributed by atoms with Gasteiger partial charge in [-0.05, 0) is 23.9 Å². The SMILES string of the molecule is O=c1ccnc(-c2ccc(SC(F)(F)F)cc2)[nH]1. The molecule has 0 fully saturated rings. The molecule has 18 heavy (non-hydrogen) atoms. The third-order valence-electron chi connectivity index (χ3n) is 2.03. The third-order valence-corrected chi connectivity index (χ3v) is 2.77. The molecule has 2 aromatic rings. The number of H-pyrrole nitrogens is 1. The van der Waals surface area contributed by atoms with Gasteiger partial charge in [-0.3, -0.25) is 4.79 Å². The molecule has 94 valence electrons. The van der Waals surface area contributed by atoms with Crippen molar-refractivity contribution in [3.05, 3.63) is 46.9 Å². The Labute approximate surface area is 104 Å². The molecule has 1 heterocycles. The molecule has 1 N–H and O–H groups in total. The van der Waals surface area contributed by atoms with Gasteiger partial charge < -0.3 is 4.98 Å². The Bertz CT molecular complexity index is 592. The first-order valence-corrected chi connectivity index (χ1v) is 5.67. The Kier molecular flexibility index (Phi) is 3.42. The van der Waals surface area contributed by atoms with E-state index in [0.29, 0.717) is 11.4 Å². The molecule has 7 heteroatoms. The zero-order valence-electron chi connectivity index (χ0n) is 8.86. The molecule has 0 saturated carbocycles. The molecule has 0 aliphatic carbocycles. The molecule has 2 rings (SSSR count). The minimum Gasteiger partial charge on any atom is -0.307 e. The molecule has 0 spiro atoms. The van der Waals surface area contributed by atoms with Crippen LogP contribution in [0.15, 0.2) is 46.2 Å². The molecular formula is C11H7F3N2OS. The Hall–Kier alpha value is -1.76. The minimum absolute atomic E-state index is 0.0875. The summed E-state index contributed by atoms with van der Waals surface area (Å²) in [5.41, 5.74) is -4.06. The Morgan fingerprint density at radius 2 is 1.78 bits per heavy atom. The highest BCUT2D eigenvalue weighted by molar-refractivity contribution is 8.00. The van der Waals surface area contributed by atoms with Crippen molar-refractivity contribution in [1.82, 2.24) is 9.97 Å². The normalized spacial score (nSPS) is 11.5. The highest BCUT2D eigenvalue weighted by Crippen LogP contribution is 2.37. The highest BCUT2D eigenvalue weighted by atomic mass is 32.2. The van der Waals surface area contributed by atoms with Crippen molar-refractivity contribution in [2.45, 2.75) is 10.4 Å². The standard InChI is InChI=1S/C11H7F3N2OS/c12-11(13,14)18-8-3-1-7(2-4-8)10-15-6-5-9(17)16-10/h1-6H,(H,15,16,17). The van der Waals surface area contributed by atoms with Crippen molar-refractivity contribution in [3.8, 4) is 11.4 Å². The van der Waals surface area contributed by atoms with Crippen LogP contribution in [0.25, 0.3) is 11.4 Å². The van der Waals surface area contributed by atoms with Crippen molar-refractivity contribution in [3.63, 3.8) is 0 Å². The number of hydrogen-bond donors (Lipinski definition) is 1. The summed E-state index contributed by atoms with van der Waals surface area (Å²) in [6.45, 7) is 0. The van der Waals surface area contributed by atoms with E-state index >= 15 is 0 Å². The molecule has 0 aliphatic rings. The van der Waals surface area contributed by atoms with E-state index in [1.165, 1.54) is 36.5 Å². The number of halogens is 3. The fourth-order valence-corrected chi connectivity index (χ4v) is 1.87. The smallest absolute Gasteiger partial charge is 0.307 e. The lowest BCUT2D eigenvalue weighted by Crippen LogP contribution is -2.05. The second-order valence-electron chi connectivity index (χ2n) is 3.35. The average Bonchev–Trinajstić information content (AvgIpc) is 2.28. The molecule has 3 nitrogen and oxygen atoms in total. The second kappa shape index (κ2) is 4.85. The molecule has 0 bridgehead atoms. The van der Waals surface area contributed by atoms with E-state index in [2.05, 4.69) is 9.97 Å². The summed E-state index contributed by atoms with van der Waals surface area (Å²) in [5.74, 6) is 0.325. The summed E-state index contributed by atoms with van der Waals surface area (Å²) in [6, 6.07) is 6.89. The van der Waals surface area contributed by atoms with Gasteiger partial charge >= 0.3 is 5.51 Å². The van der Waals surface area contributed by atoms with E-state index in [1.807, 2.05) is 0 Å². The van der Waals surface area contributed by atoms with Gasteiger partial charge in [-0.25, -0.2) is 4.98 Å². The maximum absolute atomic E-state index is 12.1. The molecule has 0 atom stereocenters. The summed E-state index contributed by atoms with van der Waals surface area (Å²) < 4.78 is 36.4. The number of thioether (sulfide) groups is 1. The first kappa shape index (κ1) is 12.7. The Morgan fingerprint density at radius 3 is 2.33 bits per heavy atom. The Morgan fingerprint density at radius 1 is 1.11 bits per heavy atom. The van der Waals surface area contributed by atoms with Crippen molar-refractivity contribution in [2.24, 2.45) is 0 Å². The topological polar surface area (TPSA) is 45.8 Å². The van der Waals surface area contributed by atoms with Crippen molar-refractivity contribution in [1.29, 1.82) is 0 Å². The zero-order valence-corrected chi connectivity index (χ0v) is 9.68. The van der Waals surface area contributed by atoms with Gasteiger partial charge in [0.2, 0.25) is 0 Å². The van der Waals surface area contributed by atoms with Crippen molar-refractivity contribution < 1.29 is 13.2 Å². The van der Waals surface area contributed by atoms with Crippen LogP contribution in [0.2, 0.25) is 0 Å². The van der Waals surface area contributed by atoms with E-state index in [-0.39, 0.29) is 22.2 Å². The summed E-state index contributed by atoms with van der Waals surface area (Å²) in [4.78, 5) is 17.6. The van der Waals surface area contributed by atoms with Crippen LogP contribution in [-0.4, -0.2) is 15.5 Å². The first-order chi connectivity index (χ1) is 8.44. The average molecular weight is 272 g/mol. The van der Waals surface area contributed by atoms with Crippen LogP contribution in [0, 0.1) is 0 Å². The van der Waals surface area contributed by atoms with Crippen LogP contribution in [0.4, 0.5) is 13.2 Å². The van der Waals surface area contributed by atoms with Gasteiger partial charge in [0, 0.05) is 22.7 Å². The lowest BCUT2D eigenvalue weighted by molar-refractivity contribution is -0.0328. The van der Waals surface area contributed by atoms with Crippen LogP contribution >= 0.6 is 11.8 Å². The van der Waals surface area contributed by atoms with Gasteiger partial charge in [0.05, 0.1) is 0 Å². The monoisotopic (exact) mass is 272 g/mol. The van der Waals surface area contributed by atoms with Crippen LogP contribution in [0.1, 0.15) is 0 Å². The zero-order chi connectivity index (χ0) is 13.2. The lowest BCUT2D eigenvalue weighted by atomic mass is 10.2. The first-order valence-electron chi connectivity index (χ1n) is 4.85. The fraction of sp³-hybridized carbons (Fsp3) is 0.0909. The Balaban J connectivity index is 2.25. The fourth-order valence-electron chi connectivity index (χ4n) is 1.33. The van der Waals surface area contributed by atoms with E-state index in [1.54, 1.807) is 0 Å². The molecular weight excluding hydrogens is 265 g/mol. The van der Waals surface area contributed by atoms with Crippen molar-refractivity contribution in [2.75, 3.05) is 0 Å². The molecule has 0 saturated heterocycles. The van der Waals surface area contributed by atoms with Gasteiger partial charge in [0.15, 0.2) is 0 Å². The van der Waals surface area contributed by atoms with Gasteiger partial charge in [-0.2, -0.15) is 13.2 Å². The van der Waals surface area contributed by atoms with E-state index in [4.69, 9.17) is 0 Å². The maximum atomic E-state index is 12.1. The van der Waals surface area contributed by atoms with E-state index in [0.717, 1.165) is 0 Å². The molecule has 1 aromatic carbocycles. The summed E-state index contributed by atoms with van der Waals surface area (Å²) in [6.07, 6.45) is 1.34. The number of benzene rings is 1. The predicted molar refractivity (Wildman–Crippen MR) is 62.2 cm³/mol. The number of nitrogens with one attached hydrogen (secondary N) is 1. The summed E-state index contributed by atoms with van der Waals surface area (Å²) in [7, 11) is 0. The number of alkyl halides is 3. The summed E-state index contributed by atoms with van der Waals surface area (Å²) in [5, 5.41) is 0. The predicted octanol–water partition coefficient (Wildman–Crippen LogP) is 3.05. The van der Waals surface area contributed by atoms with Crippen molar-refractivity contribution >= 4 is 11.8 Å². The number of aromatic nitrogens is 2. The summed E-state index contributed by atoms with van der Waals surface area (Å²) >= 11 is -0.185. The van der Waals surface area contributed by atoms with Gasteiger partial charge in [0.25, 0.3) is 5.56 Å². The lowest BCUT2D eigenvalue weighted by Gasteiger charge is -2.06. The van der Waals surface area contributed by atoms with Crippen LogP contribution < -0.4 is 5.56 Å². The van der Waals surface area contributed by atoms with E-state index < -0.39 is 5.51 Å². The number of aromatic amines is 1. The number of rotatable bonds is 2. The highest BCUT2D eigenvalue weighted by Gasteiger charge is 2.29. The molecule has 0 amide bonds.